The Labute approximate surface area is 112 Å². The van der Waals surface area contributed by atoms with Crippen LogP contribution in [0.15, 0.2) is 42.9 Å². The molecule has 0 aliphatic rings. The number of hydrogen-bond donors (Lipinski definition) is 2. The zero-order valence-corrected chi connectivity index (χ0v) is 11.0. The van der Waals surface area contributed by atoms with Crippen LogP contribution < -0.4 is 10.1 Å². The number of nitrogens with one attached hydrogen (secondary N) is 1. The van der Waals surface area contributed by atoms with Gasteiger partial charge in [0.05, 0.1) is 7.11 Å². The Morgan fingerprint density at radius 3 is 2.58 bits per heavy atom. The van der Waals surface area contributed by atoms with Gasteiger partial charge in [-0.05, 0) is 30.7 Å². The molecule has 0 spiro atoms. The third-order valence-corrected chi connectivity index (χ3v) is 2.91. The molecule has 2 aromatic rings. The van der Waals surface area contributed by atoms with E-state index in [1.165, 1.54) is 6.33 Å². The van der Waals surface area contributed by atoms with Crippen molar-refractivity contribution in [3.05, 3.63) is 48.4 Å². The summed E-state index contributed by atoms with van der Waals surface area (Å²) in [6, 6.07) is 9.11. The minimum absolute atomic E-state index is 0.357. The van der Waals surface area contributed by atoms with Crippen molar-refractivity contribution in [2.45, 2.75) is 12.5 Å². The average molecular weight is 259 g/mol. The molecule has 5 heteroatoms. The predicted octanol–water partition coefficient (Wildman–Crippen LogP) is 1.80. The smallest absolute Gasteiger partial charge is 0.129 e. The SMILES string of the molecule is COc1ccc([C@@](C)(O)CNc2ccncn2)cc1. The van der Waals surface area contributed by atoms with Crippen LogP contribution in [0.2, 0.25) is 0 Å². The maximum atomic E-state index is 10.5. The van der Waals surface area contributed by atoms with Crippen molar-refractivity contribution in [2.75, 3.05) is 19.0 Å². The van der Waals surface area contributed by atoms with Gasteiger partial charge in [0.15, 0.2) is 0 Å². The quantitative estimate of drug-likeness (QED) is 0.857. The largest absolute Gasteiger partial charge is 0.497 e. The average Bonchev–Trinajstić information content (AvgIpc) is 2.46. The van der Waals surface area contributed by atoms with E-state index in [1.54, 1.807) is 26.3 Å². The number of aromatic nitrogens is 2. The molecule has 0 unspecified atom stereocenters. The first-order valence-electron chi connectivity index (χ1n) is 5.98. The highest BCUT2D eigenvalue weighted by atomic mass is 16.5. The van der Waals surface area contributed by atoms with E-state index in [-0.39, 0.29) is 0 Å². The Morgan fingerprint density at radius 2 is 2.00 bits per heavy atom. The fourth-order valence-corrected chi connectivity index (χ4v) is 1.71. The van der Waals surface area contributed by atoms with E-state index >= 15 is 0 Å². The summed E-state index contributed by atoms with van der Waals surface area (Å²) in [6.45, 7) is 2.11. The third kappa shape index (κ3) is 3.42. The molecule has 1 aromatic heterocycles. The molecule has 1 heterocycles. The first kappa shape index (κ1) is 13.3. The van der Waals surface area contributed by atoms with E-state index in [9.17, 15) is 5.11 Å². The molecule has 2 rings (SSSR count). The molecule has 1 atom stereocenters. The van der Waals surface area contributed by atoms with Gasteiger partial charge in [0.25, 0.3) is 0 Å². The molecule has 100 valence electrons. The Balaban J connectivity index is 2.04. The van der Waals surface area contributed by atoms with E-state index in [1.807, 2.05) is 24.3 Å². The fourth-order valence-electron chi connectivity index (χ4n) is 1.71. The van der Waals surface area contributed by atoms with E-state index in [0.29, 0.717) is 12.4 Å². The second-order valence-electron chi connectivity index (χ2n) is 4.45. The fraction of sp³-hybridized carbons (Fsp3) is 0.286. The van der Waals surface area contributed by atoms with Gasteiger partial charge in [-0.3, -0.25) is 0 Å². The molecule has 5 nitrogen and oxygen atoms in total. The molecule has 0 saturated carbocycles. The van der Waals surface area contributed by atoms with Crippen LogP contribution in [-0.4, -0.2) is 28.7 Å². The summed E-state index contributed by atoms with van der Waals surface area (Å²) in [7, 11) is 1.61. The molecule has 2 N–H and O–H groups in total. The maximum absolute atomic E-state index is 10.5. The van der Waals surface area contributed by atoms with Crippen molar-refractivity contribution in [2.24, 2.45) is 0 Å². The topological polar surface area (TPSA) is 67.3 Å². The van der Waals surface area contributed by atoms with Gasteiger partial charge >= 0.3 is 0 Å². The molecule has 0 aliphatic heterocycles. The van der Waals surface area contributed by atoms with Crippen molar-refractivity contribution in [3.63, 3.8) is 0 Å². The lowest BCUT2D eigenvalue weighted by atomic mass is 9.96. The first-order chi connectivity index (χ1) is 9.12. The van der Waals surface area contributed by atoms with Crippen molar-refractivity contribution < 1.29 is 9.84 Å². The zero-order valence-electron chi connectivity index (χ0n) is 11.0. The van der Waals surface area contributed by atoms with Crippen molar-refractivity contribution in [3.8, 4) is 5.75 Å². The Kier molecular flexibility index (Phi) is 3.97. The molecule has 0 radical (unpaired) electrons. The monoisotopic (exact) mass is 259 g/mol. The van der Waals surface area contributed by atoms with Crippen LogP contribution in [0.5, 0.6) is 5.75 Å². The number of ether oxygens (including phenoxy) is 1. The lowest BCUT2D eigenvalue weighted by molar-refractivity contribution is 0.0714. The number of methoxy groups -OCH3 is 1. The number of anilines is 1. The molecule has 1 aromatic carbocycles. The number of hydrogen-bond acceptors (Lipinski definition) is 5. The molecule has 0 aliphatic carbocycles. The molecule has 0 fully saturated rings. The van der Waals surface area contributed by atoms with Crippen molar-refractivity contribution in [1.29, 1.82) is 0 Å². The van der Waals surface area contributed by atoms with Gasteiger partial charge in [-0.1, -0.05) is 12.1 Å². The van der Waals surface area contributed by atoms with Gasteiger partial charge in [0.1, 0.15) is 23.5 Å². The van der Waals surface area contributed by atoms with Crippen LogP contribution in [0.25, 0.3) is 0 Å². The minimum atomic E-state index is -0.989. The lowest BCUT2D eigenvalue weighted by Gasteiger charge is -2.24. The summed E-state index contributed by atoms with van der Waals surface area (Å²) in [5.74, 6) is 1.45. The standard InChI is InChI=1S/C14H17N3O2/c1-14(18,9-16-13-7-8-15-10-17-13)11-3-5-12(19-2)6-4-11/h3-8,10,18H,9H2,1-2H3,(H,15,16,17)/t14-/m0/s1. The Hall–Kier alpha value is -2.14. The van der Waals surface area contributed by atoms with Crippen LogP contribution in [-0.2, 0) is 5.60 Å². The summed E-state index contributed by atoms with van der Waals surface area (Å²) in [6.07, 6.45) is 3.11. The summed E-state index contributed by atoms with van der Waals surface area (Å²) < 4.78 is 5.10. The Morgan fingerprint density at radius 1 is 1.26 bits per heavy atom. The summed E-state index contributed by atoms with van der Waals surface area (Å²) in [5.41, 5.74) is -0.174. The van der Waals surface area contributed by atoms with Crippen molar-refractivity contribution in [1.82, 2.24) is 9.97 Å². The third-order valence-electron chi connectivity index (χ3n) is 2.91. The van der Waals surface area contributed by atoms with Gasteiger partial charge in [0.2, 0.25) is 0 Å². The van der Waals surface area contributed by atoms with Crippen molar-refractivity contribution >= 4 is 5.82 Å². The van der Waals surface area contributed by atoms with Gasteiger partial charge in [-0.2, -0.15) is 0 Å². The second kappa shape index (κ2) is 5.67. The molecular weight excluding hydrogens is 242 g/mol. The summed E-state index contributed by atoms with van der Waals surface area (Å²) in [5, 5.41) is 13.5. The number of aliphatic hydroxyl groups is 1. The van der Waals surface area contributed by atoms with E-state index < -0.39 is 5.60 Å². The van der Waals surface area contributed by atoms with Gasteiger partial charge in [-0.25, -0.2) is 9.97 Å². The molecule has 0 amide bonds. The highest BCUT2D eigenvalue weighted by molar-refractivity contribution is 5.35. The lowest BCUT2D eigenvalue weighted by Crippen LogP contribution is -2.30. The van der Waals surface area contributed by atoms with Gasteiger partial charge < -0.3 is 15.2 Å². The molecule has 0 bridgehead atoms. The normalized spacial score (nSPS) is 13.6. The first-order valence-corrected chi connectivity index (χ1v) is 5.98. The predicted molar refractivity (Wildman–Crippen MR) is 73.1 cm³/mol. The highest BCUT2D eigenvalue weighted by Gasteiger charge is 2.22. The molecule has 19 heavy (non-hydrogen) atoms. The van der Waals surface area contributed by atoms with E-state index in [4.69, 9.17) is 4.74 Å². The maximum Gasteiger partial charge on any atom is 0.129 e. The molecular formula is C14H17N3O2. The van der Waals surface area contributed by atoms with Gasteiger partial charge in [0, 0.05) is 12.7 Å². The number of benzene rings is 1. The van der Waals surface area contributed by atoms with Crippen LogP contribution >= 0.6 is 0 Å². The van der Waals surface area contributed by atoms with E-state index in [0.717, 1.165) is 11.3 Å². The van der Waals surface area contributed by atoms with Gasteiger partial charge in [-0.15, -0.1) is 0 Å². The van der Waals surface area contributed by atoms with E-state index in [2.05, 4.69) is 15.3 Å². The highest BCUT2D eigenvalue weighted by Crippen LogP contribution is 2.23. The number of nitrogens with zero attached hydrogens (tertiary/aromatic N) is 2. The van der Waals surface area contributed by atoms with Crippen LogP contribution in [0.1, 0.15) is 12.5 Å². The summed E-state index contributed by atoms with van der Waals surface area (Å²) in [4.78, 5) is 7.89. The van der Waals surface area contributed by atoms with Crippen LogP contribution in [0.3, 0.4) is 0 Å². The minimum Gasteiger partial charge on any atom is -0.497 e. The summed E-state index contributed by atoms with van der Waals surface area (Å²) >= 11 is 0. The Bertz CT molecular complexity index is 512. The number of rotatable bonds is 5. The van der Waals surface area contributed by atoms with Crippen LogP contribution in [0.4, 0.5) is 5.82 Å². The van der Waals surface area contributed by atoms with Crippen LogP contribution in [0, 0.1) is 0 Å². The molecule has 0 saturated heterocycles. The zero-order chi connectivity index (χ0) is 13.7. The second-order valence-corrected chi connectivity index (χ2v) is 4.45.